The number of carbonyl (C=O) groups excluding carboxylic acids is 2. The number of benzene rings is 1. The maximum absolute atomic E-state index is 11.5. The molecule has 0 fully saturated rings. The van der Waals surface area contributed by atoms with Gasteiger partial charge in [-0.1, -0.05) is 43.1 Å². The van der Waals surface area contributed by atoms with Gasteiger partial charge in [-0.3, -0.25) is 0 Å². The first-order valence-electron chi connectivity index (χ1n) is 5.90. The molecule has 0 radical (unpaired) electrons. The summed E-state index contributed by atoms with van der Waals surface area (Å²) in [4.78, 5) is 22.8. The fourth-order valence-corrected chi connectivity index (χ4v) is 1.47. The summed E-state index contributed by atoms with van der Waals surface area (Å²) in [5, 5.41) is 0.413. The van der Waals surface area contributed by atoms with Gasteiger partial charge >= 0.3 is 11.9 Å². The molecule has 0 aliphatic carbocycles. The third-order valence-electron chi connectivity index (χ3n) is 2.04. The maximum Gasteiger partial charge on any atom is 0.336 e. The van der Waals surface area contributed by atoms with E-state index in [0.29, 0.717) is 6.61 Å². The molecule has 0 amide bonds. The second kappa shape index (κ2) is 7.92. The highest BCUT2D eigenvalue weighted by Crippen LogP contribution is 2.31. The van der Waals surface area contributed by atoms with Gasteiger partial charge in [0.05, 0.1) is 11.6 Å². The van der Waals surface area contributed by atoms with E-state index in [0.717, 1.165) is 12.2 Å². The average Bonchev–Trinajstić information content (AvgIpc) is 2.39. The summed E-state index contributed by atoms with van der Waals surface area (Å²) < 4.78 is 9.82. The number of ether oxygens (including phenoxy) is 2. The zero-order valence-electron chi connectivity index (χ0n) is 11.1. The largest absolute Gasteiger partial charge is 0.462 e. The standard InChI is InChI=1S/C14H14Cl2O4/c1-9(2)8-19-12(17)6-7-13(18)20-11-5-3-4-10(15)14(11)16/h3-7,9H,8H2,1-2H3/b7-6+. The van der Waals surface area contributed by atoms with Gasteiger partial charge in [0.15, 0.2) is 5.75 Å². The summed E-state index contributed by atoms with van der Waals surface area (Å²) in [5.41, 5.74) is 0. The van der Waals surface area contributed by atoms with Crippen molar-refractivity contribution in [3.8, 4) is 5.75 Å². The first kappa shape index (κ1) is 16.5. The van der Waals surface area contributed by atoms with Crippen LogP contribution >= 0.6 is 23.2 Å². The summed E-state index contributed by atoms with van der Waals surface area (Å²) in [6.45, 7) is 4.11. The van der Waals surface area contributed by atoms with Crippen molar-refractivity contribution in [1.29, 1.82) is 0 Å². The number of carbonyl (C=O) groups is 2. The van der Waals surface area contributed by atoms with Crippen LogP contribution < -0.4 is 4.74 Å². The molecule has 0 aliphatic heterocycles. The fourth-order valence-electron chi connectivity index (χ4n) is 1.14. The van der Waals surface area contributed by atoms with Crippen molar-refractivity contribution < 1.29 is 19.1 Å². The van der Waals surface area contributed by atoms with Crippen LogP contribution in [0.25, 0.3) is 0 Å². The third-order valence-corrected chi connectivity index (χ3v) is 2.84. The molecule has 1 rings (SSSR count). The summed E-state index contributed by atoms with van der Waals surface area (Å²) >= 11 is 11.6. The van der Waals surface area contributed by atoms with E-state index in [1.54, 1.807) is 12.1 Å². The van der Waals surface area contributed by atoms with Crippen LogP contribution in [0, 0.1) is 5.92 Å². The van der Waals surface area contributed by atoms with Gasteiger partial charge in [-0.25, -0.2) is 9.59 Å². The summed E-state index contributed by atoms with van der Waals surface area (Å²) in [7, 11) is 0. The highest BCUT2D eigenvalue weighted by Gasteiger charge is 2.09. The second-order valence-corrected chi connectivity index (χ2v) is 5.12. The number of hydrogen-bond donors (Lipinski definition) is 0. The molecule has 108 valence electrons. The highest BCUT2D eigenvalue weighted by atomic mass is 35.5. The van der Waals surface area contributed by atoms with Gasteiger partial charge in [0.1, 0.15) is 5.02 Å². The molecule has 4 nitrogen and oxygen atoms in total. The molecule has 6 heteroatoms. The van der Waals surface area contributed by atoms with Crippen molar-refractivity contribution in [3.05, 3.63) is 40.4 Å². The first-order chi connectivity index (χ1) is 9.40. The molecular formula is C14H14Cl2O4. The molecule has 0 heterocycles. The average molecular weight is 317 g/mol. The summed E-state index contributed by atoms with van der Waals surface area (Å²) in [5.74, 6) is -0.988. The molecule has 0 saturated carbocycles. The van der Waals surface area contributed by atoms with E-state index >= 15 is 0 Å². The van der Waals surface area contributed by atoms with Crippen molar-refractivity contribution in [1.82, 2.24) is 0 Å². The Balaban J connectivity index is 2.55. The van der Waals surface area contributed by atoms with Crippen LogP contribution in [0.3, 0.4) is 0 Å². The van der Waals surface area contributed by atoms with Gasteiger partial charge in [0.25, 0.3) is 0 Å². The zero-order chi connectivity index (χ0) is 15.1. The van der Waals surface area contributed by atoms with Crippen molar-refractivity contribution in [3.63, 3.8) is 0 Å². The topological polar surface area (TPSA) is 52.6 Å². The molecule has 20 heavy (non-hydrogen) atoms. The van der Waals surface area contributed by atoms with Crippen molar-refractivity contribution in [2.75, 3.05) is 6.61 Å². The summed E-state index contributed by atoms with van der Waals surface area (Å²) in [6.07, 6.45) is 1.98. The highest BCUT2D eigenvalue weighted by molar-refractivity contribution is 6.43. The predicted molar refractivity (Wildman–Crippen MR) is 77.0 cm³/mol. The Hall–Kier alpha value is -1.52. The smallest absolute Gasteiger partial charge is 0.336 e. The summed E-state index contributed by atoms with van der Waals surface area (Å²) in [6, 6.07) is 4.66. The van der Waals surface area contributed by atoms with E-state index in [2.05, 4.69) is 0 Å². The van der Waals surface area contributed by atoms with Gasteiger partial charge < -0.3 is 9.47 Å². The molecule has 1 aromatic rings. The lowest BCUT2D eigenvalue weighted by Crippen LogP contribution is -2.09. The SMILES string of the molecule is CC(C)COC(=O)/C=C/C(=O)Oc1cccc(Cl)c1Cl. The third kappa shape index (κ3) is 5.63. The molecule has 0 atom stereocenters. The maximum atomic E-state index is 11.5. The van der Waals surface area contributed by atoms with Gasteiger partial charge in [-0.15, -0.1) is 0 Å². The Bertz CT molecular complexity index is 524. The van der Waals surface area contributed by atoms with Crippen molar-refractivity contribution in [2.24, 2.45) is 5.92 Å². The molecule has 0 aliphatic rings. The van der Waals surface area contributed by atoms with E-state index in [-0.39, 0.29) is 21.7 Å². The Morgan fingerprint density at radius 3 is 2.50 bits per heavy atom. The molecular weight excluding hydrogens is 303 g/mol. The van der Waals surface area contributed by atoms with E-state index in [1.807, 2.05) is 13.8 Å². The lowest BCUT2D eigenvalue weighted by molar-refractivity contribution is -0.139. The lowest BCUT2D eigenvalue weighted by Gasteiger charge is -2.05. The van der Waals surface area contributed by atoms with Gasteiger partial charge in [0, 0.05) is 12.2 Å². The van der Waals surface area contributed by atoms with Gasteiger partial charge in [-0.05, 0) is 18.1 Å². The molecule has 0 aromatic heterocycles. The lowest BCUT2D eigenvalue weighted by atomic mass is 10.2. The Labute approximate surface area is 127 Å². The number of rotatable bonds is 5. The van der Waals surface area contributed by atoms with E-state index in [4.69, 9.17) is 32.7 Å². The van der Waals surface area contributed by atoms with Gasteiger partial charge in [0.2, 0.25) is 0 Å². The first-order valence-corrected chi connectivity index (χ1v) is 6.66. The monoisotopic (exact) mass is 316 g/mol. The molecule has 0 bridgehead atoms. The molecule has 0 spiro atoms. The fraction of sp³-hybridized carbons (Fsp3) is 0.286. The normalized spacial score (nSPS) is 10.8. The Kier molecular flexibility index (Phi) is 6.55. The number of halogens is 2. The minimum Gasteiger partial charge on any atom is -0.462 e. The van der Waals surface area contributed by atoms with Crippen LogP contribution in [-0.2, 0) is 14.3 Å². The minimum absolute atomic E-state index is 0.129. The van der Waals surface area contributed by atoms with Crippen LogP contribution in [0.2, 0.25) is 10.0 Å². The molecule has 1 aromatic carbocycles. The predicted octanol–water partition coefficient (Wildman–Crippen LogP) is 3.65. The van der Waals surface area contributed by atoms with Crippen LogP contribution in [0.1, 0.15) is 13.8 Å². The quantitative estimate of drug-likeness (QED) is 0.472. The van der Waals surface area contributed by atoms with E-state index < -0.39 is 11.9 Å². The van der Waals surface area contributed by atoms with Crippen LogP contribution in [0.15, 0.2) is 30.4 Å². The van der Waals surface area contributed by atoms with Crippen molar-refractivity contribution >= 4 is 35.1 Å². The van der Waals surface area contributed by atoms with Crippen LogP contribution in [-0.4, -0.2) is 18.5 Å². The molecule has 0 N–H and O–H groups in total. The van der Waals surface area contributed by atoms with Crippen LogP contribution in [0.4, 0.5) is 0 Å². The number of hydrogen-bond acceptors (Lipinski definition) is 4. The Morgan fingerprint density at radius 1 is 1.20 bits per heavy atom. The second-order valence-electron chi connectivity index (χ2n) is 4.33. The van der Waals surface area contributed by atoms with E-state index in [1.165, 1.54) is 6.07 Å². The molecule has 0 unspecified atom stereocenters. The zero-order valence-corrected chi connectivity index (χ0v) is 12.6. The van der Waals surface area contributed by atoms with Crippen LogP contribution in [0.5, 0.6) is 5.75 Å². The van der Waals surface area contributed by atoms with Crippen molar-refractivity contribution in [2.45, 2.75) is 13.8 Å². The number of esters is 2. The van der Waals surface area contributed by atoms with Gasteiger partial charge in [-0.2, -0.15) is 0 Å². The Morgan fingerprint density at radius 2 is 1.85 bits per heavy atom. The minimum atomic E-state index is -0.740. The van der Waals surface area contributed by atoms with E-state index in [9.17, 15) is 9.59 Å². The molecule has 0 saturated heterocycles.